The second-order valence-electron chi connectivity index (χ2n) is 10.2. The van der Waals surface area contributed by atoms with Crippen molar-refractivity contribution >= 4 is 34.0 Å². The molecule has 1 saturated heterocycles. The number of nitrogens with zero attached hydrogens (tertiary/aromatic N) is 6. The van der Waals surface area contributed by atoms with Crippen molar-refractivity contribution in [2.75, 3.05) is 36.5 Å². The molecule has 4 heterocycles. The summed E-state index contributed by atoms with van der Waals surface area (Å²) >= 11 is 0. The molecule has 2 N–H and O–H groups in total. The highest BCUT2D eigenvalue weighted by molar-refractivity contribution is 6.14. The molecule has 1 saturated carbocycles. The largest absolute Gasteiger partial charge is 0.368 e. The van der Waals surface area contributed by atoms with Crippen LogP contribution >= 0.6 is 0 Å². The number of aromatic nitrogens is 3. The lowest BCUT2D eigenvalue weighted by Gasteiger charge is -2.36. The van der Waals surface area contributed by atoms with E-state index in [1.807, 2.05) is 32.9 Å². The molecule has 1 aromatic carbocycles. The molecule has 3 aliphatic rings. The van der Waals surface area contributed by atoms with Crippen LogP contribution in [0, 0.1) is 12.7 Å². The molecule has 38 heavy (non-hydrogen) atoms. The first kappa shape index (κ1) is 24.5. The third kappa shape index (κ3) is 4.30. The molecule has 0 atom stereocenters. The lowest BCUT2D eigenvalue weighted by molar-refractivity contribution is 0.0946. The number of carbonyl (C=O) groups is 1. The molecule has 11 heteroatoms. The van der Waals surface area contributed by atoms with Crippen LogP contribution in [0.3, 0.4) is 0 Å². The minimum atomic E-state index is -0.493. The Labute approximate surface area is 219 Å². The normalized spacial score (nSPS) is 17.4. The molecular formula is C27H31FN8O2. The fraction of sp³-hybridized carbons (Fsp3) is 0.444. The number of benzene rings is 1. The van der Waals surface area contributed by atoms with E-state index >= 15 is 4.39 Å². The highest BCUT2D eigenvalue weighted by Gasteiger charge is 2.27. The number of hydrogen-bond acceptors (Lipinski definition) is 8. The van der Waals surface area contributed by atoms with Gasteiger partial charge >= 0.3 is 5.69 Å². The highest BCUT2D eigenvalue weighted by atomic mass is 19.1. The van der Waals surface area contributed by atoms with Gasteiger partial charge in [-0.2, -0.15) is 10.1 Å². The van der Waals surface area contributed by atoms with Crippen LogP contribution in [-0.4, -0.2) is 63.3 Å². The average Bonchev–Trinajstić information content (AvgIpc) is 3.73. The van der Waals surface area contributed by atoms with E-state index in [2.05, 4.69) is 35.6 Å². The van der Waals surface area contributed by atoms with Gasteiger partial charge in [0.15, 0.2) is 5.82 Å². The van der Waals surface area contributed by atoms with Crippen molar-refractivity contribution in [2.45, 2.75) is 52.7 Å². The van der Waals surface area contributed by atoms with Crippen LogP contribution in [-0.2, 0) is 13.1 Å². The highest BCUT2D eigenvalue weighted by Crippen LogP contribution is 2.33. The Morgan fingerprint density at radius 1 is 1.16 bits per heavy atom. The topological polar surface area (TPSA) is 108 Å². The van der Waals surface area contributed by atoms with Crippen molar-refractivity contribution in [3.05, 3.63) is 57.0 Å². The maximum atomic E-state index is 15.7. The zero-order chi connectivity index (χ0) is 26.6. The molecule has 6 rings (SSSR count). The van der Waals surface area contributed by atoms with Crippen LogP contribution in [0.2, 0.25) is 0 Å². The first-order valence-electron chi connectivity index (χ1n) is 13.2. The van der Waals surface area contributed by atoms with Gasteiger partial charge in [0.1, 0.15) is 17.0 Å². The lowest BCUT2D eigenvalue weighted by Crippen LogP contribution is -2.46. The van der Waals surface area contributed by atoms with Gasteiger partial charge in [0.25, 0.3) is 5.91 Å². The summed E-state index contributed by atoms with van der Waals surface area (Å²) in [5.41, 5.74) is 6.83. The summed E-state index contributed by atoms with van der Waals surface area (Å²) in [6.07, 6.45) is 2.08. The van der Waals surface area contributed by atoms with Crippen molar-refractivity contribution in [2.24, 2.45) is 5.10 Å². The number of hydrazone groups is 1. The molecule has 0 radical (unpaired) electrons. The van der Waals surface area contributed by atoms with Gasteiger partial charge in [0.05, 0.1) is 22.5 Å². The Morgan fingerprint density at radius 2 is 1.92 bits per heavy atom. The monoisotopic (exact) mass is 518 g/mol. The molecule has 0 bridgehead atoms. The predicted molar refractivity (Wildman–Crippen MR) is 144 cm³/mol. The van der Waals surface area contributed by atoms with E-state index in [0.29, 0.717) is 41.6 Å². The van der Waals surface area contributed by atoms with Crippen LogP contribution in [0.5, 0.6) is 0 Å². The van der Waals surface area contributed by atoms with Gasteiger partial charge in [-0.3, -0.25) is 19.7 Å². The molecule has 10 nitrogen and oxygen atoms in total. The van der Waals surface area contributed by atoms with Crippen LogP contribution in [0.15, 0.2) is 28.1 Å². The molecule has 2 aromatic heterocycles. The third-order valence-electron chi connectivity index (χ3n) is 7.61. The van der Waals surface area contributed by atoms with Crippen molar-refractivity contribution in [1.29, 1.82) is 0 Å². The quantitative estimate of drug-likeness (QED) is 0.517. The first-order valence-corrected chi connectivity index (χ1v) is 13.2. The Bertz CT molecular complexity index is 1540. The van der Waals surface area contributed by atoms with Gasteiger partial charge in [-0.1, -0.05) is 0 Å². The number of anilines is 2. The van der Waals surface area contributed by atoms with E-state index in [9.17, 15) is 9.59 Å². The molecule has 2 aliphatic heterocycles. The van der Waals surface area contributed by atoms with Crippen molar-refractivity contribution in [1.82, 2.24) is 24.8 Å². The smallest absolute Gasteiger partial charge is 0.349 e. The maximum absolute atomic E-state index is 15.7. The second-order valence-corrected chi connectivity index (χ2v) is 10.2. The molecule has 0 unspecified atom stereocenters. The molecule has 0 spiro atoms. The fourth-order valence-electron chi connectivity index (χ4n) is 5.33. The third-order valence-corrected chi connectivity index (χ3v) is 7.61. The van der Waals surface area contributed by atoms with E-state index in [-0.39, 0.29) is 11.4 Å². The van der Waals surface area contributed by atoms with Crippen molar-refractivity contribution in [3.8, 4) is 0 Å². The summed E-state index contributed by atoms with van der Waals surface area (Å²) in [4.78, 5) is 38.0. The van der Waals surface area contributed by atoms with Gasteiger partial charge < -0.3 is 10.2 Å². The van der Waals surface area contributed by atoms with Crippen LogP contribution < -0.4 is 21.3 Å². The van der Waals surface area contributed by atoms with Crippen molar-refractivity contribution in [3.63, 3.8) is 0 Å². The Kier molecular flexibility index (Phi) is 6.10. The average molecular weight is 519 g/mol. The predicted octanol–water partition coefficient (Wildman–Crippen LogP) is 2.62. The molecule has 1 aliphatic carbocycles. The van der Waals surface area contributed by atoms with Gasteiger partial charge in [0, 0.05) is 56.4 Å². The maximum Gasteiger partial charge on any atom is 0.349 e. The summed E-state index contributed by atoms with van der Waals surface area (Å²) in [5.74, 6) is -0.0822. The number of halogens is 1. The summed E-state index contributed by atoms with van der Waals surface area (Å²) in [7, 11) is 0. The number of nitrogens with one attached hydrogen (secondary N) is 2. The first-order chi connectivity index (χ1) is 18.3. The number of piperazine rings is 1. The lowest BCUT2D eigenvalue weighted by atomic mass is 9.99. The zero-order valence-electron chi connectivity index (χ0n) is 21.8. The van der Waals surface area contributed by atoms with Crippen LogP contribution in [0.1, 0.15) is 54.0 Å². The minimum absolute atomic E-state index is 0.0927. The van der Waals surface area contributed by atoms with E-state index in [4.69, 9.17) is 0 Å². The Balaban J connectivity index is 1.19. The Hall–Kier alpha value is -3.86. The molecule has 1 amide bonds. The van der Waals surface area contributed by atoms with Gasteiger partial charge in [-0.15, -0.1) is 0 Å². The minimum Gasteiger partial charge on any atom is -0.368 e. The molecular weight excluding hydrogens is 487 g/mol. The zero-order valence-corrected chi connectivity index (χ0v) is 21.8. The number of amides is 1. The SMILES string of the molecule is CCn1c2c3c(cc(CN4CCN(c5ccc(C(=O)NC6CC6)nc5C)CC4)c(F)c3nc1=O)C(C)=NN2. The standard InChI is InChI=1S/C27H31FN8O2/c1-4-36-25-22-19(15(2)32-33-25)13-17(23(28)24(22)31-27(36)38)14-34-9-11-35(12-10-34)21-8-7-20(29-16(21)3)26(37)30-18-5-6-18/h7-8,13,18,33H,4-6,9-12,14H2,1-3H3,(H,30,37). The molecule has 198 valence electrons. The van der Waals surface area contributed by atoms with Gasteiger partial charge in [-0.25, -0.2) is 14.2 Å². The summed E-state index contributed by atoms with van der Waals surface area (Å²) in [6.45, 7) is 9.45. The van der Waals surface area contributed by atoms with Gasteiger partial charge in [0.2, 0.25) is 0 Å². The number of rotatable bonds is 6. The van der Waals surface area contributed by atoms with E-state index in [1.54, 1.807) is 6.07 Å². The molecule has 2 fully saturated rings. The summed E-state index contributed by atoms with van der Waals surface area (Å²) in [5, 5.41) is 7.94. The van der Waals surface area contributed by atoms with Crippen LogP contribution in [0.25, 0.3) is 10.9 Å². The van der Waals surface area contributed by atoms with E-state index in [1.165, 1.54) is 4.57 Å². The summed E-state index contributed by atoms with van der Waals surface area (Å²) in [6, 6.07) is 5.90. The number of aryl methyl sites for hydroxylation is 1. The van der Waals surface area contributed by atoms with Gasteiger partial charge in [-0.05, 0) is 51.8 Å². The number of pyridine rings is 1. The van der Waals surface area contributed by atoms with Crippen molar-refractivity contribution < 1.29 is 9.18 Å². The molecule has 3 aromatic rings. The van der Waals surface area contributed by atoms with E-state index < -0.39 is 11.5 Å². The Morgan fingerprint density at radius 3 is 2.61 bits per heavy atom. The van der Waals surface area contributed by atoms with E-state index in [0.717, 1.165) is 61.7 Å². The van der Waals surface area contributed by atoms with Crippen LogP contribution in [0.4, 0.5) is 15.9 Å². The summed E-state index contributed by atoms with van der Waals surface area (Å²) < 4.78 is 17.2. The number of carbonyl (C=O) groups excluding carboxylic acids is 1. The second kappa shape index (κ2) is 9.46. The fourth-order valence-corrected chi connectivity index (χ4v) is 5.33. The number of hydrogen-bond donors (Lipinski definition) is 2.